The Morgan fingerprint density at radius 3 is 2.81 bits per heavy atom. The summed E-state index contributed by atoms with van der Waals surface area (Å²) in [5.41, 5.74) is 6.16. The molecule has 2 heterocycles. The van der Waals surface area contributed by atoms with Crippen molar-refractivity contribution in [1.29, 1.82) is 0 Å². The molecule has 21 heavy (non-hydrogen) atoms. The maximum atomic E-state index is 12.6. The number of nitrogens with two attached hydrogens (primary N) is 1. The largest absolute Gasteiger partial charge is 0.381 e. The average molecular weight is 452 g/mol. The highest BCUT2D eigenvalue weighted by Crippen LogP contribution is 2.30. The second-order valence-electron chi connectivity index (χ2n) is 4.09. The number of aromatic nitrogens is 2. The van der Waals surface area contributed by atoms with E-state index in [9.17, 15) is 8.42 Å². The first-order valence-corrected chi connectivity index (χ1v) is 9.52. The fraction of sp³-hybridized carbons (Fsp3) is 0. The number of hydrogen-bond acceptors (Lipinski definition) is 5. The molecule has 3 rings (SSSR count). The average Bonchev–Trinajstić information content (AvgIpc) is 2.91. The van der Waals surface area contributed by atoms with E-state index in [1.54, 1.807) is 29.8 Å². The molecule has 3 aromatic rings. The molecule has 0 aliphatic carbocycles. The van der Waals surface area contributed by atoms with Crippen molar-refractivity contribution in [2.75, 3.05) is 10.5 Å². The zero-order valence-corrected chi connectivity index (χ0v) is 15.1. The van der Waals surface area contributed by atoms with E-state index >= 15 is 0 Å². The molecule has 0 atom stereocenters. The minimum atomic E-state index is -3.85. The van der Waals surface area contributed by atoms with Crippen molar-refractivity contribution in [3.63, 3.8) is 0 Å². The van der Waals surface area contributed by atoms with Gasteiger partial charge >= 0.3 is 0 Å². The first kappa shape index (κ1) is 14.8. The summed E-state index contributed by atoms with van der Waals surface area (Å²) in [7, 11) is -3.85. The van der Waals surface area contributed by atoms with Crippen molar-refractivity contribution in [2.45, 2.75) is 5.03 Å². The molecule has 0 radical (unpaired) electrons. The highest BCUT2D eigenvalue weighted by molar-refractivity contribution is 9.11. The van der Waals surface area contributed by atoms with Crippen LogP contribution in [0.5, 0.6) is 0 Å². The number of rotatable bonds is 3. The SMILES string of the molecule is Nc1nc2sccn2c1S(=O)(=O)Nc1ccc(Br)cc1Br. The van der Waals surface area contributed by atoms with Crippen LogP contribution in [0.2, 0.25) is 0 Å². The Morgan fingerprint density at radius 2 is 2.10 bits per heavy atom. The third-order valence-corrected chi connectivity index (χ3v) is 5.98. The van der Waals surface area contributed by atoms with E-state index in [1.807, 2.05) is 0 Å². The Hall–Kier alpha value is -1.10. The molecule has 2 aromatic heterocycles. The minimum absolute atomic E-state index is 0.0254. The van der Waals surface area contributed by atoms with Crippen LogP contribution < -0.4 is 10.5 Å². The van der Waals surface area contributed by atoms with Crippen molar-refractivity contribution in [2.24, 2.45) is 0 Å². The molecule has 1 aromatic carbocycles. The molecule has 10 heteroatoms. The summed E-state index contributed by atoms with van der Waals surface area (Å²) in [6, 6.07) is 5.13. The molecule has 0 saturated heterocycles. The van der Waals surface area contributed by atoms with Crippen LogP contribution in [0.15, 0.2) is 43.7 Å². The number of hydrogen-bond donors (Lipinski definition) is 2. The normalized spacial score (nSPS) is 11.9. The number of nitrogen functional groups attached to an aromatic ring is 1. The second-order valence-corrected chi connectivity index (χ2v) is 8.33. The standard InChI is InChI=1S/C11H8Br2N4O2S2/c12-6-1-2-8(7(13)5-6)16-21(18,19)10-9(14)15-11-17(10)3-4-20-11/h1-5,16H,14H2. The van der Waals surface area contributed by atoms with Crippen LogP contribution in [-0.2, 0) is 10.0 Å². The highest BCUT2D eigenvalue weighted by atomic mass is 79.9. The molecular formula is C11H8Br2N4O2S2. The van der Waals surface area contributed by atoms with E-state index in [2.05, 4.69) is 41.6 Å². The van der Waals surface area contributed by atoms with Crippen LogP contribution in [0.25, 0.3) is 4.96 Å². The van der Waals surface area contributed by atoms with Gasteiger partial charge in [0.15, 0.2) is 10.8 Å². The number of imidazole rings is 1. The maximum absolute atomic E-state index is 12.6. The smallest absolute Gasteiger partial charge is 0.281 e. The van der Waals surface area contributed by atoms with Crippen molar-refractivity contribution in [3.05, 3.63) is 38.7 Å². The monoisotopic (exact) mass is 450 g/mol. The van der Waals surface area contributed by atoms with Gasteiger partial charge in [-0.15, -0.1) is 11.3 Å². The summed E-state index contributed by atoms with van der Waals surface area (Å²) in [6.07, 6.45) is 1.62. The number of halogens is 2. The first-order valence-electron chi connectivity index (χ1n) is 5.57. The van der Waals surface area contributed by atoms with Gasteiger partial charge in [-0.1, -0.05) is 15.9 Å². The van der Waals surface area contributed by atoms with Crippen LogP contribution in [0, 0.1) is 0 Å². The van der Waals surface area contributed by atoms with Gasteiger partial charge in [-0.2, -0.15) is 8.42 Å². The molecule has 0 bridgehead atoms. The lowest BCUT2D eigenvalue weighted by atomic mass is 10.3. The lowest BCUT2D eigenvalue weighted by Crippen LogP contribution is -2.16. The third-order valence-electron chi connectivity index (χ3n) is 2.67. The van der Waals surface area contributed by atoms with E-state index in [1.165, 1.54) is 15.7 Å². The van der Waals surface area contributed by atoms with Gasteiger partial charge in [0.2, 0.25) is 5.03 Å². The van der Waals surface area contributed by atoms with E-state index in [0.717, 1.165) is 4.47 Å². The fourth-order valence-electron chi connectivity index (χ4n) is 1.81. The van der Waals surface area contributed by atoms with Crippen molar-refractivity contribution < 1.29 is 8.42 Å². The second kappa shape index (κ2) is 5.27. The molecule has 0 spiro atoms. The number of thiazole rings is 1. The topological polar surface area (TPSA) is 89.5 Å². The Balaban J connectivity index is 2.08. The minimum Gasteiger partial charge on any atom is -0.381 e. The number of sulfonamides is 1. The van der Waals surface area contributed by atoms with Gasteiger partial charge < -0.3 is 5.73 Å². The molecule has 0 aliphatic rings. The lowest BCUT2D eigenvalue weighted by Gasteiger charge is -2.09. The van der Waals surface area contributed by atoms with Crippen LogP contribution in [0.4, 0.5) is 11.5 Å². The number of benzene rings is 1. The van der Waals surface area contributed by atoms with Crippen LogP contribution in [-0.4, -0.2) is 17.8 Å². The van der Waals surface area contributed by atoms with Gasteiger partial charge in [0.05, 0.1) is 5.69 Å². The van der Waals surface area contributed by atoms with Crippen molar-refractivity contribution in [1.82, 2.24) is 9.38 Å². The van der Waals surface area contributed by atoms with Crippen molar-refractivity contribution >= 4 is 69.7 Å². The molecule has 6 nitrogen and oxygen atoms in total. The molecule has 0 fully saturated rings. The van der Waals surface area contributed by atoms with E-state index in [-0.39, 0.29) is 10.8 Å². The van der Waals surface area contributed by atoms with Crippen LogP contribution >= 0.6 is 43.2 Å². The summed E-state index contributed by atoms with van der Waals surface area (Å²) in [5.74, 6) is -0.0254. The first-order chi connectivity index (χ1) is 9.88. The predicted octanol–water partition coefficient (Wildman–Crippen LogP) is 3.30. The van der Waals surface area contributed by atoms with Crippen LogP contribution in [0.1, 0.15) is 0 Å². The Kier molecular flexibility index (Phi) is 3.72. The van der Waals surface area contributed by atoms with Gasteiger partial charge in [0.25, 0.3) is 10.0 Å². The summed E-state index contributed by atoms with van der Waals surface area (Å²) < 4.78 is 30.5. The Bertz CT molecular complexity index is 933. The fourth-order valence-corrected chi connectivity index (χ4v) is 5.16. The zero-order chi connectivity index (χ0) is 15.2. The molecule has 0 unspecified atom stereocenters. The van der Waals surface area contributed by atoms with Gasteiger partial charge in [0, 0.05) is 20.5 Å². The van der Waals surface area contributed by atoms with Crippen molar-refractivity contribution in [3.8, 4) is 0 Å². The van der Waals surface area contributed by atoms with Gasteiger partial charge in [-0.3, -0.25) is 9.12 Å². The van der Waals surface area contributed by atoms with Gasteiger partial charge in [-0.05, 0) is 34.1 Å². The number of anilines is 2. The highest BCUT2D eigenvalue weighted by Gasteiger charge is 2.25. The van der Waals surface area contributed by atoms with E-state index in [0.29, 0.717) is 15.1 Å². The van der Waals surface area contributed by atoms with Crippen LogP contribution in [0.3, 0.4) is 0 Å². The lowest BCUT2D eigenvalue weighted by molar-refractivity contribution is 0.597. The molecule has 0 saturated carbocycles. The molecule has 110 valence electrons. The Labute approximate surface area is 141 Å². The molecule has 0 amide bonds. The summed E-state index contributed by atoms with van der Waals surface area (Å²) in [6.45, 7) is 0. The van der Waals surface area contributed by atoms with E-state index in [4.69, 9.17) is 5.73 Å². The predicted molar refractivity (Wildman–Crippen MR) is 90.1 cm³/mol. The Morgan fingerprint density at radius 1 is 1.33 bits per heavy atom. The zero-order valence-electron chi connectivity index (χ0n) is 10.2. The molecule has 0 aliphatic heterocycles. The summed E-state index contributed by atoms with van der Waals surface area (Å²) in [4.78, 5) is 4.57. The summed E-state index contributed by atoms with van der Waals surface area (Å²) >= 11 is 7.94. The third kappa shape index (κ3) is 2.68. The van der Waals surface area contributed by atoms with E-state index < -0.39 is 10.0 Å². The quantitative estimate of drug-likeness (QED) is 0.639. The molecule has 3 N–H and O–H groups in total. The van der Waals surface area contributed by atoms with Gasteiger partial charge in [-0.25, -0.2) is 4.98 Å². The summed E-state index contributed by atoms with van der Waals surface area (Å²) in [5, 5.41) is 1.68. The maximum Gasteiger partial charge on any atom is 0.281 e. The number of nitrogens with zero attached hydrogens (tertiary/aromatic N) is 2. The molecular weight excluding hydrogens is 444 g/mol. The number of fused-ring (bicyclic) bond motifs is 1. The van der Waals surface area contributed by atoms with Gasteiger partial charge in [0.1, 0.15) is 0 Å². The number of nitrogens with one attached hydrogen (secondary N) is 1.